The number of halogens is 1. The molecule has 0 aliphatic carbocycles. The molecule has 0 fully saturated rings. The summed E-state index contributed by atoms with van der Waals surface area (Å²) in [4.78, 5) is 0. The third kappa shape index (κ3) is 1960. The highest BCUT2D eigenvalue weighted by atomic mass is 35.5. The molecule has 0 aromatic carbocycles. The van der Waals surface area contributed by atoms with E-state index in [-0.39, 0.29) is 31.6 Å². The molecule has 0 saturated heterocycles. The first kappa shape index (κ1) is 22.4. The van der Waals surface area contributed by atoms with Gasteiger partial charge >= 0.3 is 0 Å². The van der Waals surface area contributed by atoms with Gasteiger partial charge in [-0.1, -0.05) is 0 Å². The maximum Gasteiger partial charge on any atom is 0.183 e. The quantitative estimate of drug-likeness (QED) is 0.254. The number of guanidine groups is 1. The van der Waals surface area contributed by atoms with Crippen LogP contribution in [-0.2, 0) is 0 Å². The molecule has 72 valence electrons. The number of rotatable bonds is 0. The Balaban J connectivity index is -0.0000000325. The van der Waals surface area contributed by atoms with Crippen molar-refractivity contribution in [1.82, 2.24) is 0 Å². The molecule has 0 radical (unpaired) electrons. The molecule has 0 rings (SSSR count). The molecule has 11 heavy (non-hydrogen) atoms. The van der Waals surface area contributed by atoms with E-state index >= 15 is 0 Å². The Morgan fingerprint density at radius 1 is 1.18 bits per heavy atom. The number of nitrogens with one attached hydrogen (secondary N) is 1. The van der Waals surface area contributed by atoms with Gasteiger partial charge in [0.05, 0.1) is 0 Å². The van der Waals surface area contributed by atoms with E-state index in [1.165, 1.54) is 0 Å². The molecular formula is C5H18ClN3O2. The Morgan fingerprint density at radius 2 is 1.18 bits per heavy atom. The lowest BCUT2D eigenvalue weighted by Crippen LogP contribution is -2.20. The summed E-state index contributed by atoms with van der Waals surface area (Å²) in [7, 11) is 0. The summed E-state index contributed by atoms with van der Waals surface area (Å²) >= 11 is 0. The minimum atomic E-state index is -0.333. The van der Waals surface area contributed by atoms with Crippen LogP contribution in [0.2, 0.25) is 0 Å². The zero-order valence-electron chi connectivity index (χ0n) is 6.87. The molecule has 0 aliphatic rings. The van der Waals surface area contributed by atoms with Crippen LogP contribution < -0.4 is 11.5 Å². The molecule has 0 aliphatic heterocycles. The van der Waals surface area contributed by atoms with Crippen LogP contribution in [0.1, 0.15) is 13.8 Å². The smallest absolute Gasteiger partial charge is 0.183 e. The first-order chi connectivity index (χ1) is 4.56. The van der Waals surface area contributed by atoms with E-state index in [0.29, 0.717) is 0 Å². The second-order valence-corrected chi connectivity index (χ2v) is 1.09. The van der Waals surface area contributed by atoms with Gasteiger partial charge in [0.1, 0.15) is 0 Å². The number of hydrogen-bond acceptors (Lipinski definition) is 3. The molecule has 0 amide bonds. The maximum absolute atomic E-state index is 7.57. The third-order valence-corrected chi connectivity index (χ3v) is 0. The lowest BCUT2D eigenvalue weighted by atomic mass is 10.9. The average Bonchev–Trinajstić information content (AvgIpc) is 1.65. The molecule has 0 bridgehead atoms. The van der Waals surface area contributed by atoms with Crippen LogP contribution in [0, 0.1) is 5.41 Å². The van der Waals surface area contributed by atoms with Crippen molar-refractivity contribution < 1.29 is 10.2 Å². The highest BCUT2D eigenvalue weighted by molar-refractivity contribution is 5.85. The van der Waals surface area contributed by atoms with E-state index in [2.05, 4.69) is 11.5 Å². The normalized spacial score (nSPS) is 5.45. The Morgan fingerprint density at radius 3 is 1.18 bits per heavy atom. The average molecular weight is 188 g/mol. The van der Waals surface area contributed by atoms with Crippen molar-refractivity contribution in [3.05, 3.63) is 0 Å². The highest BCUT2D eigenvalue weighted by Gasteiger charge is 1.52. The summed E-state index contributed by atoms with van der Waals surface area (Å²) in [6, 6.07) is 0. The first-order valence-corrected chi connectivity index (χ1v) is 2.87. The van der Waals surface area contributed by atoms with E-state index in [0.717, 1.165) is 0 Å². The van der Waals surface area contributed by atoms with Crippen LogP contribution >= 0.6 is 12.4 Å². The van der Waals surface area contributed by atoms with Gasteiger partial charge in [0, 0.05) is 13.2 Å². The first-order valence-electron chi connectivity index (χ1n) is 2.87. The molecule has 0 unspecified atom stereocenters. The largest absolute Gasteiger partial charge is 0.397 e. The lowest BCUT2D eigenvalue weighted by molar-refractivity contribution is 0.318. The number of aliphatic hydroxyl groups is 2. The molecule has 0 heterocycles. The summed E-state index contributed by atoms with van der Waals surface area (Å²) in [5.41, 5.74) is 8.94. The second kappa shape index (κ2) is 34.0. The minimum absolute atomic E-state index is 0. The molecule has 7 N–H and O–H groups in total. The van der Waals surface area contributed by atoms with Gasteiger partial charge in [0.25, 0.3) is 0 Å². The van der Waals surface area contributed by atoms with Crippen molar-refractivity contribution in [3.8, 4) is 0 Å². The zero-order chi connectivity index (χ0) is 8.99. The summed E-state index contributed by atoms with van der Waals surface area (Å²) < 4.78 is 0. The van der Waals surface area contributed by atoms with Gasteiger partial charge in [0.2, 0.25) is 0 Å². The van der Waals surface area contributed by atoms with E-state index in [4.69, 9.17) is 15.6 Å². The SMILES string of the molecule is CCO.CCO.Cl.N=C(N)N. The van der Waals surface area contributed by atoms with Gasteiger partial charge in [-0.05, 0) is 13.8 Å². The molecule has 0 aromatic heterocycles. The Hall–Kier alpha value is -0.520. The Bertz CT molecular complexity index is 57.7. The molecule has 0 aromatic rings. The van der Waals surface area contributed by atoms with E-state index < -0.39 is 0 Å². The molecule has 6 heteroatoms. The fourth-order valence-corrected chi connectivity index (χ4v) is 0. The molecule has 0 atom stereocenters. The molecule has 0 saturated carbocycles. The Kier molecular flexibility index (Phi) is 69.3. The van der Waals surface area contributed by atoms with Gasteiger partial charge in [-0.2, -0.15) is 0 Å². The van der Waals surface area contributed by atoms with Crippen LogP contribution in [0.15, 0.2) is 0 Å². The summed E-state index contributed by atoms with van der Waals surface area (Å²) in [6.45, 7) is 3.86. The van der Waals surface area contributed by atoms with Crippen LogP contribution in [-0.4, -0.2) is 29.4 Å². The van der Waals surface area contributed by atoms with Crippen molar-refractivity contribution in [2.75, 3.05) is 13.2 Å². The van der Waals surface area contributed by atoms with Crippen LogP contribution in [0.4, 0.5) is 0 Å². The summed E-state index contributed by atoms with van der Waals surface area (Å²) in [5, 5.41) is 21.2. The summed E-state index contributed by atoms with van der Waals surface area (Å²) in [6.07, 6.45) is 0. The fraction of sp³-hybridized carbons (Fsp3) is 0.800. The van der Waals surface area contributed by atoms with Crippen LogP contribution in [0.3, 0.4) is 0 Å². The van der Waals surface area contributed by atoms with E-state index in [9.17, 15) is 0 Å². The fourth-order valence-electron chi connectivity index (χ4n) is 0. The topological polar surface area (TPSA) is 116 Å². The van der Waals surface area contributed by atoms with Gasteiger partial charge < -0.3 is 21.7 Å². The second-order valence-electron chi connectivity index (χ2n) is 1.09. The predicted molar refractivity (Wildman–Crippen MR) is 48.9 cm³/mol. The third-order valence-electron chi connectivity index (χ3n) is 0. The summed E-state index contributed by atoms with van der Waals surface area (Å²) in [5.74, 6) is -0.333. The number of nitrogens with two attached hydrogens (primary N) is 2. The van der Waals surface area contributed by atoms with Crippen molar-refractivity contribution in [3.63, 3.8) is 0 Å². The van der Waals surface area contributed by atoms with Gasteiger partial charge in [-0.15, -0.1) is 12.4 Å². The zero-order valence-corrected chi connectivity index (χ0v) is 7.69. The van der Waals surface area contributed by atoms with E-state index in [1.807, 2.05) is 0 Å². The maximum atomic E-state index is 7.57. The van der Waals surface area contributed by atoms with Crippen LogP contribution in [0.25, 0.3) is 0 Å². The number of aliphatic hydroxyl groups excluding tert-OH is 2. The van der Waals surface area contributed by atoms with Gasteiger partial charge in [0.15, 0.2) is 5.96 Å². The minimum Gasteiger partial charge on any atom is -0.397 e. The van der Waals surface area contributed by atoms with Crippen molar-refractivity contribution in [2.24, 2.45) is 11.5 Å². The van der Waals surface area contributed by atoms with Gasteiger partial charge in [-0.25, -0.2) is 0 Å². The van der Waals surface area contributed by atoms with Crippen molar-refractivity contribution in [2.45, 2.75) is 13.8 Å². The predicted octanol–water partition coefficient (Wildman–Crippen LogP) is -0.742. The van der Waals surface area contributed by atoms with Crippen molar-refractivity contribution >= 4 is 18.4 Å². The lowest BCUT2D eigenvalue weighted by Gasteiger charge is -1.69. The van der Waals surface area contributed by atoms with Crippen molar-refractivity contribution in [1.29, 1.82) is 5.41 Å². The van der Waals surface area contributed by atoms with E-state index in [1.54, 1.807) is 13.8 Å². The van der Waals surface area contributed by atoms with Crippen LogP contribution in [0.5, 0.6) is 0 Å². The monoisotopic (exact) mass is 187 g/mol. The Labute approximate surface area is 73.3 Å². The standard InChI is InChI=1S/2C2H6O.CH5N3.ClH/c2*1-2-3;2-1(3)4;/h2*3H,2H2,1H3;(H5,2,3,4);1H. The van der Waals surface area contributed by atoms with Gasteiger partial charge in [-0.3, -0.25) is 5.41 Å². The molecule has 5 nitrogen and oxygen atoms in total. The highest BCUT2D eigenvalue weighted by Crippen LogP contribution is 1.30. The molecule has 0 spiro atoms. The number of hydrogen-bond donors (Lipinski definition) is 5. The molecular weight excluding hydrogens is 170 g/mol.